The Morgan fingerprint density at radius 2 is 1.72 bits per heavy atom. The van der Waals surface area contributed by atoms with Crippen molar-refractivity contribution in [3.8, 4) is 22.9 Å². The SMILES string of the molecule is COc1ccc(CCC(=O)Nc2cc(-n3cccc3)ccc2F)c(OC)c1OC. The van der Waals surface area contributed by atoms with Crippen LogP contribution in [0.15, 0.2) is 54.9 Å². The summed E-state index contributed by atoms with van der Waals surface area (Å²) in [5, 5.41) is 2.65. The van der Waals surface area contributed by atoms with E-state index in [0.29, 0.717) is 23.7 Å². The fourth-order valence-corrected chi connectivity index (χ4v) is 3.10. The number of hydrogen-bond donors (Lipinski definition) is 1. The topological polar surface area (TPSA) is 61.7 Å². The van der Waals surface area contributed by atoms with E-state index in [2.05, 4.69) is 5.32 Å². The molecule has 0 aliphatic carbocycles. The number of hydrogen-bond acceptors (Lipinski definition) is 4. The van der Waals surface area contributed by atoms with Gasteiger partial charge in [-0.15, -0.1) is 0 Å². The number of nitrogens with one attached hydrogen (secondary N) is 1. The molecule has 0 aliphatic heterocycles. The summed E-state index contributed by atoms with van der Waals surface area (Å²) < 4.78 is 32.1. The Hall–Kier alpha value is -3.48. The number of nitrogens with zero attached hydrogens (tertiary/aromatic N) is 1. The predicted molar refractivity (Wildman–Crippen MR) is 109 cm³/mol. The lowest BCUT2D eigenvalue weighted by Gasteiger charge is -2.15. The molecule has 3 rings (SSSR count). The van der Waals surface area contributed by atoms with Crippen LogP contribution < -0.4 is 19.5 Å². The second-order valence-electron chi connectivity index (χ2n) is 6.30. The van der Waals surface area contributed by atoms with Gasteiger partial charge in [0, 0.05) is 24.5 Å². The molecule has 1 N–H and O–H groups in total. The maximum absolute atomic E-state index is 14.2. The van der Waals surface area contributed by atoms with Gasteiger partial charge in [-0.05, 0) is 48.4 Å². The van der Waals surface area contributed by atoms with Crippen molar-refractivity contribution in [1.82, 2.24) is 4.57 Å². The third kappa shape index (κ3) is 4.51. The number of ether oxygens (including phenoxy) is 3. The summed E-state index contributed by atoms with van der Waals surface area (Å²) in [6, 6.07) is 11.9. The zero-order chi connectivity index (χ0) is 20.8. The number of amides is 1. The van der Waals surface area contributed by atoms with E-state index in [9.17, 15) is 9.18 Å². The first-order chi connectivity index (χ1) is 14.1. The molecule has 6 nitrogen and oxygen atoms in total. The van der Waals surface area contributed by atoms with Crippen molar-refractivity contribution in [3.05, 3.63) is 66.2 Å². The summed E-state index contributed by atoms with van der Waals surface area (Å²) in [7, 11) is 4.60. The van der Waals surface area contributed by atoms with Crippen molar-refractivity contribution in [1.29, 1.82) is 0 Å². The molecule has 0 saturated heterocycles. The molecule has 1 amide bonds. The minimum absolute atomic E-state index is 0.139. The van der Waals surface area contributed by atoms with Gasteiger partial charge in [0.05, 0.1) is 27.0 Å². The van der Waals surface area contributed by atoms with Crippen LogP contribution in [0.25, 0.3) is 5.69 Å². The van der Waals surface area contributed by atoms with E-state index in [1.165, 1.54) is 20.3 Å². The molecule has 0 atom stereocenters. The van der Waals surface area contributed by atoms with Crippen LogP contribution in [-0.2, 0) is 11.2 Å². The highest BCUT2D eigenvalue weighted by atomic mass is 19.1. The summed E-state index contributed by atoms with van der Waals surface area (Å²) in [4.78, 5) is 12.4. The van der Waals surface area contributed by atoms with Gasteiger partial charge in [0.1, 0.15) is 5.82 Å². The largest absolute Gasteiger partial charge is 0.493 e. The Bertz CT molecular complexity index is 987. The van der Waals surface area contributed by atoms with Gasteiger partial charge in [-0.2, -0.15) is 0 Å². The highest BCUT2D eigenvalue weighted by molar-refractivity contribution is 5.91. The van der Waals surface area contributed by atoms with Gasteiger partial charge in [0.2, 0.25) is 11.7 Å². The molecule has 7 heteroatoms. The van der Waals surface area contributed by atoms with Gasteiger partial charge < -0.3 is 24.1 Å². The van der Waals surface area contributed by atoms with Crippen LogP contribution in [0.1, 0.15) is 12.0 Å². The zero-order valence-corrected chi connectivity index (χ0v) is 16.6. The van der Waals surface area contributed by atoms with E-state index in [1.54, 1.807) is 25.3 Å². The summed E-state index contributed by atoms with van der Waals surface area (Å²) >= 11 is 0. The zero-order valence-electron chi connectivity index (χ0n) is 16.6. The molecule has 0 aliphatic rings. The number of carbonyl (C=O) groups excluding carboxylic acids is 1. The van der Waals surface area contributed by atoms with E-state index in [4.69, 9.17) is 14.2 Å². The molecule has 3 aromatic rings. The molecule has 0 unspecified atom stereocenters. The Morgan fingerprint density at radius 1 is 1.00 bits per heavy atom. The molecule has 0 spiro atoms. The summed E-state index contributed by atoms with van der Waals surface area (Å²) in [5.74, 6) is 0.739. The van der Waals surface area contributed by atoms with Crippen LogP contribution in [0, 0.1) is 5.82 Å². The molecule has 0 saturated carbocycles. The van der Waals surface area contributed by atoms with Gasteiger partial charge in [0.15, 0.2) is 11.5 Å². The standard InChI is InChI=1S/C22H23FN2O4/c1-27-19-10-6-15(21(28-2)22(19)29-3)7-11-20(26)24-18-14-16(8-9-17(18)23)25-12-4-5-13-25/h4-6,8-10,12-14H,7,11H2,1-3H3,(H,24,26). The second-order valence-corrected chi connectivity index (χ2v) is 6.30. The van der Waals surface area contributed by atoms with Crippen molar-refractivity contribution in [2.24, 2.45) is 0 Å². The normalized spacial score (nSPS) is 10.5. The Morgan fingerprint density at radius 3 is 2.38 bits per heavy atom. The van der Waals surface area contributed by atoms with Gasteiger partial charge >= 0.3 is 0 Å². The average Bonchev–Trinajstić information content (AvgIpc) is 3.27. The predicted octanol–water partition coefficient (Wildman–Crippen LogP) is 4.21. The Kier molecular flexibility index (Phi) is 6.39. The monoisotopic (exact) mass is 398 g/mol. The number of aryl methyl sites for hydroxylation is 1. The summed E-state index contributed by atoms with van der Waals surface area (Å²) in [6.45, 7) is 0. The molecule has 0 fully saturated rings. The molecule has 1 heterocycles. The van der Waals surface area contributed by atoms with Crippen LogP contribution in [0.5, 0.6) is 17.2 Å². The highest BCUT2D eigenvalue weighted by Crippen LogP contribution is 2.40. The smallest absolute Gasteiger partial charge is 0.224 e. The van der Waals surface area contributed by atoms with Crippen LogP contribution >= 0.6 is 0 Å². The van der Waals surface area contributed by atoms with Crippen molar-refractivity contribution in [2.45, 2.75) is 12.8 Å². The van der Waals surface area contributed by atoms with E-state index in [-0.39, 0.29) is 18.0 Å². The Balaban J connectivity index is 1.72. The van der Waals surface area contributed by atoms with Crippen molar-refractivity contribution in [3.63, 3.8) is 0 Å². The third-order valence-corrected chi connectivity index (χ3v) is 4.53. The molecule has 1 aromatic heterocycles. The summed E-state index contributed by atoms with van der Waals surface area (Å²) in [5.41, 5.74) is 1.69. The first kappa shape index (κ1) is 20.3. The molecular weight excluding hydrogens is 375 g/mol. The van der Waals surface area contributed by atoms with Crippen molar-refractivity contribution < 1.29 is 23.4 Å². The number of methoxy groups -OCH3 is 3. The van der Waals surface area contributed by atoms with Gasteiger partial charge in [0.25, 0.3) is 0 Å². The molecule has 152 valence electrons. The van der Waals surface area contributed by atoms with Crippen LogP contribution in [0.2, 0.25) is 0 Å². The molecule has 0 radical (unpaired) electrons. The molecule has 29 heavy (non-hydrogen) atoms. The molecule has 0 bridgehead atoms. The van der Waals surface area contributed by atoms with Gasteiger partial charge in [-0.1, -0.05) is 6.07 Å². The van der Waals surface area contributed by atoms with E-state index in [0.717, 1.165) is 11.3 Å². The van der Waals surface area contributed by atoms with E-state index >= 15 is 0 Å². The van der Waals surface area contributed by atoms with E-state index in [1.807, 2.05) is 35.2 Å². The van der Waals surface area contributed by atoms with Crippen LogP contribution in [0.4, 0.5) is 10.1 Å². The van der Waals surface area contributed by atoms with E-state index < -0.39 is 5.82 Å². The quantitative estimate of drug-likeness (QED) is 0.617. The number of halogens is 1. The number of anilines is 1. The highest BCUT2D eigenvalue weighted by Gasteiger charge is 2.17. The van der Waals surface area contributed by atoms with Crippen molar-refractivity contribution in [2.75, 3.05) is 26.6 Å². The minimum atomic E-state index is -0.488. The lowest BCUT2D eigenvalue weighted by atomic mass is 10.1. The molecular formula is C22H23FN2O4. The average molecular weight is 398 g/mol. The molecule has 2 aromatic carbocycles. The maximum Gasteiger partial charge on any atom is 0.224 e. The fraction of sp³-hybridized carbons (Fsp3) is 0.227. The van der Waals surface area contributed by atoms with Gasteiger partial charge in [-0.25, -0.2) is 4.39 Å². The number of aromatic nitrogens is 1. The number of benzene rings is 2. The summed E-state index contributed by atoms with van der Waals surface area (Å²) in [6.07, 6.45) is 4.25. The lowest BCUT2D eigenvalue weighted by Crippen LogP contribution is -2.14. The number of rotatable bonds is 8. The van der Waals surface area contributed by atoms with Crippen LogP contribution in [-0.4, -0.2) is 31.8 Å². The fourth-order valence-electron chi connectivity index (χ4n) is 3.10. The second kappa shape index (κ2) is 9.14. The van der Waals surface area contributed by atoms with Crippen LogP contribution in [0.3, 0.4) is 0 Å². The number of carbonyl (C=O) groups is 1. The Labute approximate surface area is 168 Å². The first-order valence-corrected chi connectivity index (χ1v) is 9.08. The lowest BCUT2D eigenvalue weighted by molar-refractivity contribution is -0.116. The first-order valence-electron chi connectivity index (χ1n) is 9.08. The maximum atomic E-state index is 14.2. The third-order valence-electron chi connectivity index (χ3n) is 4.53. The minimum Gasteiger partial charge on any atom is -0.493 e. The van der Waals surface area contributed by atoms with Gasteiger partial charge in [-0.3, -0.25) is 4.79 Å². The van der Waals surface area contributed by atoms with Crippen molar-refractivity contribution >= 4 is 11.6 Å².